The number of aryl methyl sites for hydroxylation is 1. The van der Waals surface area contributed by atoms with Crippen LogP contribution in [0.5, 0.6) is 0 Å². The Labute approximate surface area is 93.7 Å². The number of rotatable bonds is 1. The molecule has 0 aromatic heterocycles. The highest BCUT2D eigenvalue weighted by Gasteiger charge is 2.21. The maximum absolute atomic E-state index is 13.7. The van der Waals surface area contributed by atoms with Crippen LogP contribution in [0.4, 0.5) is 8.78 Å². The van der Waals surface area contributed by atoms with Gasteiger partial charge in [0, 0.05) is 5.56 Å². The minimum atomic E-state index is -0.780. The Hall–Kier alpha value is -1.22. The van der Waals surface area contributed by atoms with Gasteiger partial charge < -0.3 is 4.74 Å². The van der Waals surface area contributed by atoms with E-state index in [-0.39, 0.29) is 6.10 Å². The lowest BCUT2D eigenvalue weighted by Crippen LogP contribution is -2.13. The summed E-state index contributed by atoms with van der Waals surface area (Å²) in [5.41, 5.74) is 1.76. The second-order valence-electron chi connectivity index (χ2n) is 4.19. The molecule has 1 heterocycles. The minimum Gasteiger partial charge on any atom is -0.369 e. The molecule has 0 radical (unpaired) electrons. The Kier molecular flexibility index (Phi) is 3.06. The van der Waals surface area contributed by atoms with Crippen LogP contribution in [-0.2, 0) is 4.74 Å². The SMILES string of the molecule is CC1=CCC(c2ccc(C)c(F)c2F)OC1. The maximum atomic E-state index is 13.7. The summed E-state index contributed by atoms with van der Waals surface area (Å²) in [5, 5.41) is 0. The van der Waals surface area contributed by atoms with Gasteiger partial charge in [-0.05, 0) is 25.8 Å². The molecule has 1 unspecified atom stereocenters. The Morgan fingerprint density at radius 3 is 2.56 bits per heavy atom. The molecule has 0 amide bonds. The standard InChI is InChI=1S/C13H14F2O/c1-8-3-6-11(16-7-8)10-5-4-9(2)12(14)13(10)15/h3-5,11H,6-7H2,1-2H3. The van der Waals surface area contributed by atoms with Crippen LogP contribution in [0.2, 0.25) is 0 Å². The molecule has 1 atom stereocenters. The van der Waals surface area contributed by atoms with Gasteiger partial charge >= 0.3 is 0 Å². The van der Waals surface area contributed by atoms with Crippen molar-refractivity contribution < 1.29 is 13.5 Å². The zero-order valence-corrected chi connectivity index (χ0v) is 9.39. The Morgan fingerprint density at radius 2 is 1.94 bits per heavy atom. The summed E-state index contributed by atoms with van der Waals surface area (Å²) in [7, 11) is 0. The molecule has 2 rings (SSSR count). The van der Waals surface area contributed by atoms with Gasteiger partial charge in [-0.25, -0.2) is 8.78 Å². The van der Waals surface area contributed by atoms with Crippen molar-refractivity contribution in [3.8, 4) is 0 Å². The molecule has 1 nitrogen and oxygen atoms in total. The van der Waals surface area contributed by atoms with E-state index in [0.717, 1.165) is 5.57 Å². The number of benzene rings is 1. The van der Waals surface area contributed by atoms with Crippen molar-refractivity contribution in [3.05, 3.63) is 46.5 Å². The van der Waals surface area contributed by atoms with Crippen LogP contribution in [0.1, 0.15) is 30.6 Å². The first-order valence-electron chi connectivity index (χ1n) is 5.31. The third-order valence-electron chi connectivity index (χ3n) is 2.84. The summed E-state index contributed by atoms with van der Waals surface area (Å²) >= 11 is 0. The van der Waals surface area contributed by atoms with E-state index in [1.165, 1.54) is 0 Å². The average molecular weight is 224 g/mol. The van der Waals surface area contributed by atoms with E-state index in [4.69, 9.17) is 4.74 Å². The van der Waals surface area contributed by atoms with Crippen LogP contribution in [0.25, 0.3) is 0 Å². The maximum Gasteiger partial charge on any atom is 0.164 e. The van der Waals surface area contributed by atoms with Crippen LogP contribution in [0.15, 0.2) is 23.8 Å². The molecule has 16 heavy (non-hydrogen) atoms. The van der Waals surface area contributed by atoms with Gasteiger partial charge in [-0.1, -0.05) is 23.8 Å². The van der Waals surface area contributed by atoms with E-state index >= 15 is 0 Å². The normalized spacial score (nSPS) is 20.8. The zero-order chi connectivity index (χ0) is 11.7. The third kappa shape index (κ3) is 2.00. The predicted molar refractivity (Wildman–Crippen MR) is 58.2 cm³/mol. The first-order chi connectivity index (χ1) is 7.59. The van der Waals surface area contributed by atoms with Crippen LogP contribution < -0.4 is 0 Å². The fraction of sp³-hybridized carbons (Fsp3) is 0.385. The molecular formula is C13H14F2O. The smallest absolute Gasteiger partial charge is 0.164 e. The first kappa shape index (κ1) is 11.3. The molecule has 1 aliphatic rings. The lowest BCUT2D eigenvalue weighted by atomic mass is 10.0. The topological polar surface area (TPSA) is 9.23 Å². The van der Waals surface area contributed by atoms with Gasteiger partial charge in [-0.2, -0.15) is 0 Å². The molecule has 0 spiro atoms. The third-order valence-corrected chi connectivity index (χ3v) is 2.84. The van der Waals surface area contributed by atoms with E-state index in [9.17, 15) is 8.78 Å². The lowest BCUT2D eigenvalue weighted by molar-refractivity contribution is 0.0586. The van der Waals surface area contributed by atoms with Gasteiger partial charge in [0.15, 0.2) is 11.6 Å². The largest absolute Gasteiger partial charge is 0.369 e. The molecule has 0 bridgehead atoms. The molecule has 86 valence electrons. The van der Waals surface area contributed by atoms with Gasteiger partial charge in [0.05, 0.1) is 12.7 Å². The van der Waals surface area contributed by atoms with E-state index in [1.807, 2.05) is 13.0 Å². The number of hydrogen-bond donors (Lipinski definition) is 0. The van der Waals surface area contributed by atoms with Crippen LogP contribution in [-0.4, -0.2) is 6.61 Å². The van der Waals surface area contributed by atoms with Gasteiger partial charge in [-0.3, -0.25) is 0 Å². The fourth-order valence-corrected chi connectivity index (χ4v) is 1.79. The number of hydrogen-bond acceptors (Lipinski definition) is 1. The molecule has 0 N–H and O–H groups in total. The van der Waals surface area contributed by atoms with Crippen molar-refractivity contribution in [2.45, 2.75) is 26.4 Å². The van der Waals surface area contributed by atoms with Gasteiger partial charge in [0.1, 0.15) is 0 Å². The van der Waals surface area contributed by atoms with Crippen LogP contribution in [0.3, 0.4) is 0 Å². The molecule has 3 heteroatoms. The van der Waals surface area contributed by atoms with E-state index in [1.54, 1.807) is 19.1 Å². The molecule has 1 aromatic carbocycles. The second kappa shape index (κ2) is 4.34. The quantitative estimate of drug-likeness (QED) is 0.661. The highest BCUT2D eigenvalue weighted by Crippen LogP contribution is 2.30. The first-order valence-corrected chi connectivity index (χ1v) is 5.31. The summed E-state index contributed by atoms with van der Waals surface area (Å²) in [5.74, 6) is -1.55. The Bertz CT molecular complexity index is 438. The minimum absolute atomic E-state index is 0.312. The summed E-state index contributed by atoms with van der Waals surface area (Å²) in [4.78, 5) is 0. The summed E-state index contributed by atoms with van der Waals surface area (Å²) < 4.78 is 32.5. The molecular weight excluding hydrogens is 210 g/mol. The van der Waals surface area contributed by atoms with Crippen molar-refractivity contribution in [2.24, 2.45) is 0 Å². The monoisotopic (exact) mass is 224 g/mol. The number of halogens is 2. The second-order valence-corrected chi connectivity index (χ2v) is 4.19. The van der Waals surface area contributed by atoms with Crippen molar-refractivity contribution in [3.63, 3.8) is 0 Å². The Morgan fingerprint density at radius 1 is 1.19 bits per heavy atom. The predicted octanol–water partition coefficient (Wildman–Crippen LogP) is 3.68. The van der Waals surface area contributed by atoms with Crippen molar-refractivity contribution >= 4 is 0 Å². The molecule has 0 saturated heterocycles. The van der Waals surface area contributed by atoms with Gasteiger partial charge in [-0.15, -0.1) is 0 Å². The fourth-order valence-electron chi connectivity index (χ4n) is 1.79. The van der Waals surface area contributed by atoms with Crippen molar-refractivity contribution in [2.75, 3.05) is 6.61 Å². The van der Waals surface area contributed by atoms with Crippen LogP contribution in [0, 0.1) is 18.6 Å². The van der Waals surface area contributed by atoms with Crippen molar-refractivity contribution in [1.29, 1.82) is 0 Å². The number of ether oxygens (including phenoxy) is 1. The van der Waals surface area contributed by atoms with Gasteiger partial charge in [0.2, 0.25) is 0 Å². The van der Waals surface area contributed by atoms with Crippen LogP contribution >= 0.6 is 0 Å². The summed E-state index contributed by atoms with van der Waals surface area (Å²) in [6.45, 7) is 4.00. The highest BCUT2D eigenvalue weighted by molar-refractivity contribution is 5.28. The Balaban J connectivity index is 2.32. The van der Waals surface area contributed by atoms with E-state index in [0.29, 0.717) is 24.2 Å². The highest BCUT2D eigenvalue weighted by atomic mass is 19.2. The van der Waals surface area contributed by atoms with E-state index < -0.39 is 11.6 Å². The van der Waals surface area contributed by atoms with Gasteiger partial charge in [0.25, 0.3) is 0 Å². The van der Waals surface area contributed by atoms with Crippen molar-refractivity contribution in [1.82, 2.24) is 0 Å². The molecule has 0 aliphatic carbocycles. The average Bonchev–Trinajstić information content (AvgIpc) is 2.28. The molecule has 1 aromatic rings. The van der Waals surface area contributed by atoms with E-state index in [2.05, 4.69) is 0 Å². The molecule has 1 aliphatic heterocycles. The summed E-state index contributed by atoms with van der Waals surface area (Å²) in [6.07, 6.45) is 2.25. The lowest BCUT2D eigenvalue weighted by Gasteiger charge is -2.22. The zero-order valence-electron chi connectivity index (χ0n) is 9.39. The summed E-state index contributed by atoms with van der Waals surface area (Å²) in [6, 6.07) is 3.19. The molecule has 0 fully saturated rings. The molecule has 0 saturated carbocycles.